The van der Waals surface area contributed by atoms with Crippen molar-refractivity contribution >= 4 is 34.7 Å². The Kier molecular flexibility index (Phi) is 4.33. The zero-order valence-corrected chi connectivity index (χ0v) is 12.9. The minimum atomic E-state index is -0.278. The van der Waals surface area contributed by atoms with Gasteiger partial charge in [-0.3, -0.25) is 4.79 Å². The fourth-order valence-corrected chi connectivity index (χ4v) is 2.24. The van der Waals surface area contributed by atoms with Crippen LogP contribution < -0.4 is 16.0 Å². The Morgan fingerprint density at radius 2 is 2.00 bits per heavy atom. The van der Waals surface area contributed by atoms with Crippen LogP contribution >= 0.6 is 11.6 Å². The number of pyridine rings is 1. The largest absolute Gasteiger partial charge is 0.384 e. The van der Waals surface area contributed by atoms with Crippen LogP contribution in [0.15, 0.2) is 30.3 Å². The number of nitrogens with zero attached hydrogens (tertiary/aromatic N) is 2. The number of benzene rings is 1. The fraction of sp³-hybridized carbons (Fsp3) is 0.200. The first-order valence-corrected chi connectivity index (χ1v) is 6.77. The molecule has 0 saturated carbocycles. The second-order valence-corrected chi connectivity index (χ2v) is 5.34. The molecule has 21 heavy (non-hydrogen) atoms. The molecule has 0 atom stereocenters. The van der Waals surface area contributed by atoms with Crippen LogP contribution in [-0.2, 0) is 0 Å². The van der Waals surface area contributed by atoms with E-state index in [4.69, 9.17) is 17.3 Å². The number of carbonyl (C=O) groups excluding carboxylic acids is 1. The number of aryl methyl sites for hydroxylation is 1. The lowest BCUT2D eigenvalue weighted by atomic mass is 10.1. The van der Waals surface area contributed by atoms with Gasteiger partial charge in [0.2, 0.25) is 0 Å². The number of hydrogen-bond acceptors (Lipinski definition) is 4. The van der Waals surface area contributed by atoms with Crippen LogP contribution in [0.1, 0.15) is 15.9 Å². The van der Waals surface area contributed by atoms with E-state index < -0.39 is 0 Å². The molecule has 2 rings (SSSR count). The summed E-state index contributed by atoms with van der Waals surface area (Å²) in [7, 11) is 3.91. The molecule has 0 saturated heterocycles. The van der Waals surface area contributed by atoms with Crippen LogP contribution in [0.25, 0.3) is 0 Å². The molecule has 2 aromatic rings. The smallest absolute Gasteiger partial charge is 0.255 e. The Labute approximate surface area is 128 Å². The van der Waals surface area contributed by atoms with Crippen LogP contribution in [0.4, 0.5) is 17.2 Å². The lowest BCUT2D eigenvalue weighted by Gasteiger charge is -2.17. The van der Waals surface area contributed by atoms with E-state index >= 15 is 0 Å². The Balaban J connectivity index is 2.25. The number of nitrogens with one attached hydrogen (secondary N) is 1. The first-order chi connectivity index (χ1) is 9.86. The van der Waals surface area contributed by atoms with Crippen LogP contribution in [0, 0.1) is 6.92 Å². The van der Waals surface area contributed by atoms with Gasteiger partial charge in [-0.1, -0.05) is 17.7 Å². The van der Waals surface area contributed by atoms with E-state index in [0.29, 0.717) is 11.3 Å². The second kappa shape index (κ2) is 6.01. The Morgan fingerprint density at radius 3 is 2.62 bits per heavy atom. The highest BCUT2D eigenvalue weighted by molar-refractivity contribution is 6.30. The van der Waals surface area contributed by atoms with Crippen LogP contribution in [0.5, 0.6) is 0 Å². The molecule has 0 aliphatic carbocycles. The molecule has 6 heteroatoms. The number of rotatable bonds is 3. The van der Waals surface area contributed by atoms with E-state index in [0.717, 1.165) is 11.3 Å². The number of halogens is 1. The predicted octanol–water partition coefficient (Wildman–Crippen LogP) is 2.94. The van der Waals surface area contributed by atoms with Gasteiger partial charge in [-0.15, -0.1) is 0 Å². The number of amides is 1. The van der Waals surface area contributed by atoms with Crippen LogP contribution in [0.2, 0.25) is 5.15 Å². The van der Waals surface area contributed by atoms with Gasteiger partial charge < -0.3 is 16.0 Å². The lowest BCUT2D eigenvalue weighted by Crippen LogP contribution is -2.14. The molecule has 0 radical (unpaired) electrons. The number of aromatic nitrogens is 1. The van der Waals surface area contributed by atoms with Crippen LogP contribution in [-0.4, -0.2) is 25.0 Å². The summed E-state index contributed by atoms with van der Waals surface area (Å²) in [5.74, 6) is -0.0647. The molecule has 0 bridgehead atoms. The van der Waals surface area contributed by atoms with Crippen molar-refractivity contribution in [1.29, 1.82) is 0 Å². The summed E-state index contributed by atoms with van der Waals surface area (Å²) in [6.45, 7) is 2.02. The monoisotopic (exact) mass is 304 g/mol. The van der Waals surface area contributed by atoms with E-state index in [9.17, 15) is 4.79 Å². The maximum absolute atomic E-state index is 12.2. The molecule has 1 aromatic carbocycles. The third-order valence-electron chi connectivity index (χ3n) is 3.02. The quantitative estimate of drug-likeness (QED) is 0.855. The zero-order chi connectivity index (χ0) is 15.6. The third-order valence-corrected chi connectivity index (χ3v) is 3.22. The molecule has 1 aromatic heterocycles. The zero-order valence-electron chi connectivity index (χ0n) is 12.1. The molecule has 0 fully saturated rings. The standard InChI is InChI=1S/C15H17ClN4O/c1-9-4-5-11(8-12(9)20(2)3)18-15(21)10-6-13(16)19-14(17)7-10/h4-8H,1-3H3,(H2,17,19)(H,18,21). The van der Waals surface area contributed by atoms with Crippen molar-refractivity contribution in [2.45, 2.75) is 6.92 Å². The highest BCUT2D eigenvalue weighted by Crippen LogP contribution is 2.23. The molecule has 3 N–H and O–H groups in total. The Morgan fingerprint density at radius 1 is 1.29 bits per heavy atom. The molecule has 1 amide bonds. The van der Waals surface area contributed by atoms with Gasteiger partial charge in [0, 0.05) is 31.0 Å². The van der Waals surface area contributed by atoms with E-state index in [1.807, 2.05) is 44.1 Å². The van der Waals surface area contributed by atoms with Gasteiger partial charge in [-0.2, -0.15) is 0 Å². The minimum Gasteiger partial charge on any atom is -0.384 e. The number of nitrogens with two attached hydrogens (primary N) is 1. The highest BCUT2D eigenvalue weighted by atomic mass is 35.5. The van der Waals surface area contributed by atoms with Gasteiger partial charge in [0.25, 0.3) is 5.91 Å². The van der Waals surface area contributed by atoms with E-state index in [1.165, 1.54) is 12.1 Å². The number of hydrogen-bond donors (Lipinski definition) is 2. The average molecular weight is 305 g/mol. The van der Waals surface area contributed by atoms with Crippen molar-refractivity contribution in [3.8, 4) is 0 Å². The van der Waals surface area contributed by atoms with Crippen molar-refractivity contribution in [2.75, 3.05) is 30.0 Å². The number of anilines is 3. The summed E-state index contributed by atoms with van der Waals surface area (Å²) >= 11 is 5.81. The summed E-state index contributed by atoms with van der Waals surface area (Å²) in [5, 5.41) is 3.02. The molecule has 0 aliphatic rings. The maximum atomic E-state index is 12.2. The van der Waals surface area contributed by atoms with Crippen molar-refractivity contribution < 1.29 is 4.79 Å². The number of carbonyl (C=O) groups is 1. The first kappa shape index (κ1) is 15.1. The van der Waals surface area contributed by atoms with Gasteiger partial charge in [0.05, 0.1) is 0 Å². The molecule has 0 aliphatic heterocycles. The highest BCUT2D eigenvalue weighted by Gasteiger charge is 2.10. The topological polar surface area (TPSA) is 71.2 Å². The van der Waals surface area contributed by atoms with Gasteiger partial charge in [0.1, 0.15) is 11.0 Å². The average Bonchev–Trinajstić information content (AvgIpc) is 2.39. The normalized spacial score (nSPS) is 10.3. The molecule has 110 valence electrons. The first-order valence-electron chi connectivity index (χ1n) is 6.39. The molecule has 1 heterocycles. The fourth-order valence-electron chi connectivity index (χ4n) is 2.02. The van der Waals surface area contributed by atoms with Gasteiger partial charge >= 0.3 is 0 Å². The minimum absolute atomic E-state index is 0.193. The third kappa shape index (κ3) is 3.64. The number of nitrogen functional groups attached to an aromatic ring is 1. The lowest BCUT2D eigenvalue weighted by molar-refractivity contribution is 0.102. The van der Waals surface area contributed by atoms with Gasteiger partial charge in [-0.25, -0.2) is 4.98 Å². The van der Waals surface area contributed by atoms with E-state index in [2.05, 4.69) is 10.3 Å². The molecule has 0 unspecified atom stereocenters. The molecular formula is C15H17ClN4O. The molecular weight excluding hydrogens is 288 g/mol. The van der Waals surface area contributed by atoms with Crippen molar-refractivity contribution in [3.05, 3.63) is 46.6 Å². The van der Waals surface area contributed by atoms with Crippen molar-refractivity contribution in [1.82, 2.24) is 4.98 Å². The van der Waals surface area contributed by atoms with Gasteiger partial charge in [-0.05, 0) is 36.8 Å². The molecule has 0 spiro atoms. The summed E-state index contributed by atoms with van der Waals surface area (Å²) < 4.78 is 0. The van der Waals surface area contributed by atoms with E-state index in [1.54, 1.807) is 0 Å². The predicted molar refractivity (Wildman–Crippen MR) is 87.1 cm³/mol. The summed E-state index contributed by atoms with van der Waals surface area (Å²) in [6.07, 6.45) is 0. The van der Waals surface area contributed by atoms with Crippen molar-refractivity contribution in [3.63, 3.8) is 0 Å². The van der Waals surface area contributed by atoms with Crippen LogP contribution in [0.3, 0.4) is 0 Å². The summed E-state index contributed by atoms with van der Waals surface area (Å²) in [6, 6.07) is 8.70. The van der Waals surface area contributed by atoms with Gasteiger partial charge in [0.15, 0.2) is 0 Å². The second-order valence-electron chi connectivity index (χ2n) is 4.95. The van der Waals surface area contributed by atoms with E-state index in [-0.39, 0.29) is 16.9 Å². The maximum Gasteiger partial charge on any atom is 0.255 e. The molecule has 5 nitrogen and oxygen atoms in total. The van der Waals surface area contributed by atoms with Crippen molar-refractivity contribution in [2.24, 2.45) is 0 Å². The Hall–Kier alpha value is -2.27. The summed E-state index contributed by atoms with van der Waals surface area (Å²) in [5.41, 5.74) is 8.85. The summed E-state index contributed by atoms with van der Waals surface area (Å²) in [4.78, 5) is 18.0. The SMILES string of the molecule is Cc1ccc(NC(=O)c2cc(N)nc(Cl)c2)cc1N(C)C. The Bertz CT molecular complexity index is 665.